The molecule has 3 heteroatoms. The number of nitrogens with two attached hydrogens (primary N) is 1. The highest BCUT2D eigenvalue weighted by molar-refractivity contribution is 9.10. The van der Waals surface area contributed by atoms with Crippen molar-refractivity contribution in [3.63, 3.8) is 0 Å². The molecule has 2 N–H and O–H groups in total. The van der Waals surface area contributed by atoms with Crippen LogP contribution in [-0.2, 0) is 6.42 Å². The smallest absolute Gasteiger partial charge is 0.122 e. The van der Waals surface area contributed by atoms with Crippen molar-refractivity contribution in [2.75, 3.05) is 7.11 Å². The van der Waals surface area contributed by atoms with E-state index in [9.17, 15) is 0 Å². The van der Waals surface area contributed by atoms with Crippen molar-refractivity contribution in [3.05, 3.63) is 28.2 Å². The summed E-state index contributed by atoms with van der Waals surface area (Å²) < 4.78 is 6.48. The van der Waals surface area contributed by atoms with Crippen LogP contribution < -0.4 is 10.5 Å². The zero-order chi connectivity index (χ0) is 13.0. The van der Waals surface area contributed by atoms with Crippen molar-refractivity contribution in [1.29, 1.82) is 0 Å². The third-order valence-corrected chi connectivity index (χ3v) is 4.33. The average Bonchev–Trinajstić information content (AvgIpc) is 2.82. The molecular weight excluding hydrogens is 290 g/mol. The maximum atomic E-state index is 6.29. The number of rotatable bonds is 5. The largest absolute Gasteiger partial charge is 0.496 e. The van der Waals surface area contributed by atoms with Gasteiger partial charge in [-0.1, -0.05) is 41.6 Å². The Kier molecular flexibility index (Phi) is 5.07. The Bertz CT molecular complexity index is 388. The van der Waals surface area contributed by atoms with Crippen LogP contribution in [0, 0.1) is 5.92 Å². The molecule has 18 heavy (non-hydrogen) atoms. The maximum absolute atomic E-state index is 6.29. The first-order chi connectivity index (χ1) is 8.69. The summed E-state index contributed by atoms with van der Waals surface area (Å²) in [7, 11) is 1.72. The summed E-state index contributed by atoms with van der Waals surface area (Å²) in [5, 5.41) is 0. The van der Waals surface area contributed by atoms with E-state index in [0.29, 0.717) is 0 Å². The summed E-state index contributed by atoms with van der Waals surface area (Å²) in [5.74, 6) is 1.79. The highest BCUT2D eigenvalue weighted by atomic mass is 79.9. The lowest BCUT2D eigenvalue weighted by atomic mass is 9.94. The number of hydrogen-bond donors (Lipinski definition) is 1. The van der Waals surface area contributed by atoms with Gasteiger partial charge in [0.05, 0.1) is 7.11 Å². The van der Waals surface area contributed by atoms with Gasteiger partial charge < -0.3 is 10.5 Å². The molecule has 0 bridgehead atoms. The van der Waals surface area contributed by atoms with Crippen molar-refractivity contribution in [2.45, 2.75) is 44.6 Å². The molecule has 2 nitrogen and oxygen atoms in total. The van der Waals surface area contributed by atoms with E-state index in [-0.39, 0.29) is 6.04 Å². The van der Waals surface area contributed by atoms with Gasteiger partial charge in [0.2, 0.25) is 0 Å². The summed E-state index contributed by atoms with van der Waals surface area (Å²) in [4.78, 5) is 0. The standard InChI is InChI=1S/C15H22BrNO/c1-18-15-7-6-13(16)9-12(15)10-14(17)8-11-4-2-3-5-11/h6-7,9,11,14H,2-5,8,10,17H2,1H3. The fraction of sp³-hybridized carbons (Fsp3) is 0.600. The van der Waals surface area contributed by atoms with E-state index in [4.69, 9.17) is 10.5 Å². The van der Waals surface area contributed by atoms with Gasteiger partial charge in [-0.25, -0.2) is 0 Å². The van der Waals surface area contributed by atoms with Gasteiger partial charge in [-0.15, -0.1) is 0 Å². The highest BCUT2D eigenvalue weighted by Gasteiger charge is 2.19. The van der Waals surface area contributed by atoms with Crippen LogP contribution in [0.4, 0.5) is 0 Å². The first kappa shape index (κ1) is 13.9. The molecule has 0 amide bonds. The molecule has 0 saturated heterocycles. The van der Waals surface area contributed by atoms with E-state index in [1.807, 2.05) is 12.1 Å². The predicted molar refractivity (Wildman–Crippen MR) is 78.9 cm³/mol. The zero-order valence-electron chi connectivity index (χ0n) is 11.0. The molecule has 0 radical (unpaired) electrons. The summed E-state index contributed by atoms with van der Waals surface area (Å²) >= 11 is 3.51. The van der Waals surface area contributed by atoms with Crippen LogP contribution in [0.2, 0.25) is 0 Å². The quantitative estimate of drug-likeness (QED) is 0.895. The number of hydrogen-bond acceptors (Lipinski definition) is 2. The fourth-order valence-corrected chi connectivity index (χ4v) is 3.36. The summed E-state index contributed by atoms with van der Waals surface area (Å²) in [6.07, 6.45) is 7.55. The van der Waals surface area contributed by atoms with Crippen molar-refractivity contribution in [3.8, 4) is 5.75 Å². The van der Waals surface area contributed by atoms with Crippen LogP contribution >= 0.6 is 15.9 Å². The van der Waals surface area contributed by atoms with Gasteiger partial charge in [0, 0.05) is 10.5 Å². The lowest BCUT2D eigenvalue weighted by molar-refractivity contribution is 0.400. The molecule has 0 aliphatic heterocycles. The molecule has 2 rings (SSSR count). The molecule has 1 unspecified atom stereocenters. The number of ether oxygens (including phenoxy) is 1. The third-order valence-electron chi connectivity index (χ3n) is 3.84. The van der Waals surface area contributed by atoms with E-state index >= 15 is 0 Å². The molecule has 0 heterocycles. The molecule has 1 aromatic rings. The van der Waals surface area contributed by atoms with Crippen molar-refractivity contribution in [1.82, 2.24) is 0 Å². The lowest BCUT2D eigenvalue weighted by Gasteiger charge is -2.18. The monoisotopic (exact) mass is 311 g/mol. The molecule has 0 spiro atoms. The second kappa shape index (κ2) is 6.58. The van der Waals surface area contributed by atoms with Gasteiger partial charge >= 0.3 is 0 Å². The summed E-state index contributed by atoms with van der Waals surface area (Å²) in [6.45, 7) is 0. The SMILES string of the molecule is COc1ccc(Br)cc1CC(N)CC1CCCC1. The minimum atomic E-state index is 0.247. The molecule has 1 aliphatic rings. The van der Waals surface area contributed by atoms with Gasteiger partial charge in [-0.3, -0.25) is 0 Å². The Morgan fingerprint density at radius 3 is 2.78 bits per heavy atom. The van der Waals surface area contributed by atoms with Gasteiger partial charge in [0.25, 0.3) is 0 Å². The molecule has 1 fully saturated rings. The van der Waals surface area contributed by atoms with E-state index in [2.05, 4.69) is 22.0 Å². The van der Waals surface area contributed by atoms with Crippen molar-refractivity contribution in [2.24, 2.45) is 11.7 Å². The summed E-state index contributed by atoms with van der Waals surface area (Å²) in [5.41, 5.74) is 7.49. The Morgan fingerprint density at radius 1 is 1.39 bits per heavy atom. The van der Waals surface area contributed by atoms with Crippen LogP contribution in [0.5, 0.6) is 5.75 Å². The Morgan fingerprint density at radius 2 is 2.11 bits per heavy atom. The third kappa shape index (κ3) is 3.72. The lowest BCUT2D eigenvalue weighted by Crippen LogP contribution is -2.25. The van der Waals surface area contributed by atoms with Crippen LogP contribution in [0.15, 0.2) is 22.7 Å². The van der Waals surface area contributed by atoms with Gasteiger partial charge in [0.1, 0.15) is 5.75 Å². The van der Waals surface area contributed by atoms with Gasteiger partial charge in [0.15, 0.2) is 0 Å². The summed E-state index contributed by atoms with van der Waals surface area (Å²) in [6, 6.07) is 6.37. The molecule has 1 aromatic carbocycles. The molecule has 0 aromatic heterocycles. The second-order valence-electron chi connectivity index (χ2n) is 5.31. The van der Waals surface area contributed by atoms with Crippen molar-refractivity contribution < 1.29 is 4.74 Å². The number of halogens is 1. The van der Waals surface area contributed by atoms with Gasteiger partial charge in [-0.2, -0.15) is 0 Å². The fourth-order valence-electron chi connectivity index (χ4n) is 2.95. The minimum absolute atomic E-state index is 0.247. The van der Waals surface area contributed by atoms with Crippen LogP contribution in [0.25, 0.3) is 0 Å². The minimum Gasteiger partial charge on any atom is -0.496 e. The average molecular weight is 312 g/mol. The van der Waals surface area contributed by atoms with E-state index < -0.39 is 0 Å². The molecule has 1 aliphatic carbocycles. The Balaban J connectivity index is 1.96. The number of methoxy groups -OCH3 is 1. The van der Waals surface area contributed by atoms with E-state index in [1.54, 1.807) is 7.11 Å². The Labute approximate surface area is 118 Å². The first-order valence-corrected chi connectivity index (χ1v) is 7.56. The molecule has 1 atom stereocenters. The molecule has 1 saturated carbocycles. The second-order valence-corrected chi connectivity index (χ2v) is 6.22. The normalized spacial score (nSPS) is 17.9. The maximum Gasteiger partial charge on any atom is 0.122 e. The molecular formula is C15H22BrNO. The predicted octanol–water partition coefficient (Wildman–Crippen LogP) is 3.91. The van der Waals surface area contributed by atoms with Crippen molar-refractivity contribution >= 4 is 15.9 Å². The molecule has 100 valence electrons. The number of benzene rings is 1. The van der Waals surface area contributed by atoms with Gasteiger partial charge in [-0.05, 0) is 42.5 Å². The van der Waals surface area contributed by atoms with E-state index in [1.165, 1.54) is 31.2 Å². The topological polar surface area (TPSA) is 35.2 Å². The Hall–Kier alpha value is -0.540. The highest BCUT2D eigenvalue weighted by Crippen LogP contribution is 2.30. The first-order valence-electron chi connectivity index (χ1n) is 6.77. The van der Waals surface area contributed by atoms with E-state index in [0.717, 1.165) is 29.0 Å². The van der Waals surface area contributed by atoms with Crippen LogP contribution in [0.3, 0.4) is 0 Å². The van der Waals surface area contributed by atoms with Crippen LogP contribution in [0.1, 0.15) is 37.7 Å². The zero-order valence-corrected chi connectivity index (χ0v) is 12.6. The van der Waals surface area contributed by atoms with Crippen LogP contribution in [-0.4, -0.2) is 13.2 Å².